The van der Waals surface area contributed by atoms with Gasteiger partial charge in [-0.1, -0.05) is 74.5 Å². The molecule has 19 heteroatoms. The smallest absolute Gasteiger partial charge is 0.310 e. The van der Waals surface area contributed by atoms with Crippen molar-refractivity contribution in [2.75, 3.05) is 9.80 Å². The predicted molar refractivity (Wildman–Crippen MR) is 213 cm³/mol. The number of fused-ring (bicyclic) bond motifs is 3. The second kappa shape index (κ2) is 15.7. The van der Waals surface area contributed by atoms with Crippen molar-refractivity contribution in [3.8, 4) is 11.1 Å². The number of nitrogens with zero attached hydrogens (tertiary/aromatic N) is 2. The molecule has 0 unspecified atom stereocenters. The highest BCUT2D eigenvalue weighted by molar-refractivity contribution is 5.88. The average molecular weight is 947 g/mol. The summed E-state index contributed by atoms with van der Waals surface area (Å²) in [6.45, 7) is 4.18. The van der Waals surface area contributed by atoms with Gasteiger partial charge in [0.05, 0.1) is 0 Å². The molecule has 0 aliphatic heterocycles. The Bertz CT molecular complexity index is 2660. The average Bonchev–Trinajstić information content (AvgIpc) is 3.45. The number of rotatable bonds is 10. The van der Waals surface area contributed by atoms with E-state index < -0.39 is 64.3 Å². The molecule has 0 fully saturated rings. The minimum absolute atomic E-state index is 0.0527. The summed E-state index contributed by atoms with van der Waals surface area (Å²) in [4.78, 5) is 2.66. The van der Waals surface area contributed by atoms with E-state index in [2.05, 4.69) is 0 Å². The number of alkyl halides is 17. The zero-order chi connectivity index (χ0) is 48.8. The summed E-state index contributed by atoms with van der Waals surface area (Å²) in [5.41, 5.74) is -2.86. The van der Waals surface area contributed by atoms with E-state index in [1.165, 1.54) is 28.0 Å². The molecule has 0 aromatic heterocycles. The molecule has 2 nitrogen and oxygen atoms in total. The molecule has 0 spiro atoms. The Kier molecular flexibility index (Phi) is 11.3. The van der Waals surface area contributed by atoms with Gasteiger partial charge >= 0.3 is 36.3 Å². The second-order valence-electron chi connectivity index (χ2n) is 16.0. The molecular weight excluding hydrogens is 915 g/mol. The fourth-order valence-corrected chi connectivity index (χ4v) is 7.74. The van der Waals surface area contributed by atoms with E-state index in [9.17, 15) is 74.6 Å². The molecule has 0 N–H and O–H groups in total. The highest BCUT2D eigenvalue weighted by atomic mass is 19.4. The van der Waals surface area contributed by atoms with Gasteiger partial charge in [0.2, 0.25) is 0 Å². The van der Waals surface area contributed by atoms with Crippen molar-refractivity contribution >= 4 is 34.1 Å². The van der Waals surface area contributed by atoms with Crippen molar-refractivity contribution < 1.29 is 74.6 Å². The molecule has 0 bridgehead atoms. The third-order valence-electron chi connectivity index (χ3n) is 11.3. The summed E-state index contributed by atoms with van der Waals surface area (Å²) in [6.07, 6.45) is -17.9. The van der Waals surface area contributed by atoms with Gasteiger partial charge in [-0.15, -0.1) is 0 Å². The fourth-order valence-electron chi connectivity index (χ4n) is 7.74. The first-order valence-electron chi connectivity index (χ1n) is 19.3. The molecule has 1 aliphatic rings. The van der Waals surface area contributed by atoms with E-state index >= 15 is 0 Å². The van der Waals surface area contributed by atoms with Crippen LogP contribution in [0, 0.1) is 0 Å². The van der Waals surface area contributed by atoms with Crippen LogP contribution in [0.1, 0.15) is 54.2 Å². The molecule has 1 aliphatic carbocycles. The molecule has 6 aromatic rings. The van der Waals surface area contributed by atoms with Crippen LogP contribution >= 0.6 is 0 Å². The Morgan fingerprint density at radius 3 is 0.773 bits per heavy atom. The van der Waals surface area contributed by atoms with Crippen LogP contribution in [0.5, 0.6) is 0 Å². The maximum Gasteiger partial charge on any atom is 0.458 e. The summed E-state index contributed by atoms with van der Waals surface area (Å²) in [7, 11) is 0. The Balaban J connectivity index is 1.33. The summed E-state index contributed by atoms with van der Waals surface area (Å²) < 4.78 is 233. The lowest BCUT2D eigenvalue weighted by Gasteiger charge is -2.30. The second-order valence-corrected chi connectivity index (χ2v) is 16.0. The Labute approximate surface area is 364 Å². The Hall–Kier alpha value is -6.27. The Morgan fingerprint density at radius 2 is 0.545 bits per heavy atom. The van der Waals surface area contributed by atoms with Gasteiger partial charge < -0.3 is 9.80 Å². The van der Waals surface area contributed by atoms with Crippen LogP contribution in [0.4, 0.5) is 109 Å². The molecule has 6 aromatic carbocycles. The number of hydrogen-bond donors (Lipinski definition) is 0. The van der Waals surface area contributed by atoms with Gasteiger partial charge in [0.15, 0.2) is 0 Å². The summed E-state index contributed by atoms with van der Waals surface area (Å²) in [5.74, 6) is -19.0. The lowest BCUT2D eigenvalue weighted by atomic mass is 9.82. The Morgan fingerprint density at radius 1 is 0.318 bits per heavy atom. The SMILES string of the molecule is CC(F)(F)c1ccc(N(c2ccc(C(F)(F)C(F)(F)F)cc2)c2ccc3c(c2)C(C)(C)c2cc(N(c4ccc(C(F)(F)C(F)(F)F)cc4)c4ccc(C(F)(F)C(F)(F)F)cc4)ccc2-3)cc1. The summed E-state index contributed by atoms with van der Waals surface area (Å²) in [5, 5.41) is 0. The van der Waals surface area contributed by atoms with E-state index in [1.54, 1.807) is 44.2 Å². The molecule has 0 atom stereocenters. The van der Waals surface area contributed by atoms with Crippen molar-refractivity contribution in [3.63, 3.8) is 0 Å². The lowest BCUT2D eigenvalue weighted by Crippen LogP contribution is -2.33. The number of benzene rings is 6. The van der Waals surface area contributed by atoms with E-state index in [0.717, 1.165) is 48.5 Å². The van der Waals surface area contributed by atoms with Crippen molar-refractivity contribution in [1.29, 1.82) is 0 Å². The van der Waals surface area contributed by atoms with E-state index in [0.29, 0.717) is 65.6 Å². The molecule has 0 saturated carbocycles. The molecule has 0 heterocycles. The normalized spacial score (nSPS) is 14.5. The molecule has 7 rings (SSSR count). The molecule has 0 saturated heterocycles. The monoisotopic (exact) mass is 946 g/mol. The minimum atomic E-state index is -5.97. The topological polar surface area (TPSA) is 6.48 Å². The quantitative estimate of drug-likeness (QED) is 0.126. The van der Waals surface area contributed by atoms with Gasteiger partial charge in [0.25, 0.3) is 5.92 Å². The number of hydrogen-bond acceptors (Lipinski definition) is 2. The van der Waals surface area contributed by atoms with Gasteiger partial charge in [0, 0.05) is 68.7 Å². The summed E-state index contributed by atoms with van der Waals surface area (Å²) in [6, 6.07) is 23.0. The number of anilines is 6. The van der Waals surface area contributed by atoms with E-state index in [1.807, 2.05) is 0 Å². The van der Waals surface area contributed by atoms with Gasteiger partial charge in [-0.25, -0.2) is 8.78 Å². The van der Waals surface area contributed by atoms with Gasteiger partial charge in [0.1, 0.15) is 0 Å². The molecule has 66 heavy (non-hydrogen) atoms. The first-order valence-corrected chi connectivity index (χ1v) is 19.3. The molecule has 0 amide bonds. The zero-order valence-electron chi connectivity index (χ0n) is 34.0. The van der Waals surface area contributed by atoms with Crippen LogP contribution in [0.3, 0.4) is 0 Å². The van der Waals surface area contributed by atoms with E-state index in [-0.39, 0.29) is 39.7 Å². The first kappa shape index (κ1) is 47.7. The van der Waals surface area contributed by atoms with Crippen molar-refractivity contribution in [2.24, 2.45) is 0 Å². The van der Waals surface area contributed by atoms with Crippen LogP contribution in [-0.2, 0) is 29.1 Å². The third kappa shape index (κ3) is 8.18. The van der Waals surface area contributed by atoms with Crippen LogP contribution in [0.25, 0.3) is 11.1 Å². The van der Waals surface area contributed by atoms with Crippen LogP contribution in [0.15, 0.2) is 133 Å². The zero-order valence-corrected chi connectivity index (χ0v) is 34.0. The first-order chi connectivity index (χ1) is 30.3. The maximum atomic E-state index is 14.3. The molecular formula is C47H31F17N2. The van der Waals surface area contributed by atoms with Crippen LogP contribution in [-0.4, -0.2) is 18.5 Å². The van der Waals surface area contributed by atoms with Gasteiger partial charge in [-0.2, -0.15) is 65.9 Å². The van der Waals surface area contributed by atoms with E-state index in [4.69, 9.17) is 0 Å². The summed E-state index contributed by atoms with van der Waals surface area (Å²) >= 11 is 0. The minimum Gasteiger partial charge on any atom is -0.310 e. The third-order valence-corrected chi connectivity index (χ3v) is 11.3. The van der Waals surface area contributed by atoms with Gasteiger partial charge in [-0.05, 0) is 95.1 Å². The fraction of sp³-hybridized carbons (Fsp3) is 0.234. The van der Waals surface area contributed by atoms with Gasteiger partial charge in [-0.3, -0.25) is 0 Å². The van der Waals surface area contributed by atoms with Crippen LogP contribution < -0.4 is 9.80 Å². The highest BCUT2D eigenvalue weighted by Gasteiger charge is 2.60. The molecule has 0 radical (unpaired) electrons. The number of halogens is 17. The molecule has 348 valence electrons. The van der Waals surface area contributed by atoms with Crippen LogP contribution in [0.2, 0.25) is 0 Å². The highest BCUT2D eigenvalue weighted by Crippen LogP contribution is 2.54. The predicted octanol–water partition coefficient (Wildman–Crippen LogP) is 17.0. The largest absolute Gasteiger partial charge is 0.458 e. The van der Waals surface area contributed by atoms with Crippen molar-refractivity contribution in [2.45, 2.75) is 68.4 Å². The maximum absolute atomic E-state index is 14.3. The van der Waals surface area contributed by atoms with Crippen molar-refractivity contribution in [3.05, 3.63) is 167 Å². The lowest BCUT2D eigenvalue weighted by molar-refractivity contribution is -0.289. The standard InChI is InChI=1S/C47H31F17N2/c1-40(2)38-24-34(65(30-12-4-26(5-13-30)41(3,48)49)31-14-6-27(7-15-31)42(50,51)45(56,57)58)20-22-36(38)37-23-21-35(25-39(37)40)66(32-16-8-28(9-17-32)43(52,53)46(59,60)61)33-18-10-29(11-19-33)44(54,55)47(62,63)64/h4-25H,1-3H3. The van der Waals surface area contributed by atoms with Crippen molar-refractivity contribution in [1.82, 2.24) is 0 Å².